The van der Waals surface area contributed by atoms with Crippen LogP contribution in [0.5, 0.6) is 0 Å². The van der Waals surface area contributed by atoms with Crippen molar-refractivity contribution < 1.29 is 46.5 Å². The Balaban J connectivity index is 0. The summed E-state index contributed by atoms with van der Waals surface area (Å²) in [5.74, 6) is 0. The van der Waals surface area contributed by atoms with Gasteiger partial charge in [0, 0.05) is 0 Å². The van der Waals surface area contributed by atoms with Crippen molar-refractivity contribution in [1.82, 2.24) is 0 Å². The quantitative estimate of drug-likeness (QED) is 0.420. The van der Waals surface area contributed by atoms with Crippen LogP contribution in [0.1, 0.15) is 31.7 Å². The zero-order chi connectivity index (χ0) is 12.3. The van der Waals surface area contributed by atoms with Gasteiger partial charge < -0.3 is 24.8 Å². The maximum absolute atomic E-state index is 3.54. The number of thiophene rings is 1. The number of allylic oxidation sites excluding steroid dienone is 4. The van der Waals surface area contributed by atoms with E-state index in [0.29, 0.717) is 0 Å². The van der Waals surface area contributed by atoms with E-state index < -0.39 is 8.07 Å². The van der Waals surface area contributed by atoms with Crippen LogP contribution in [-0.4, -0.2) is 8.07 Å². The average Bonchev–Trinajstić information content (AvgIpc) is 2.97. The van der Waals surface area contributed by atoms with Crippen molar-refractivity contribution in [2.24, 2.45) is 0 Å². The van der Waals surface area contributed by atoms with E-state index in [9.17, 15) is 0 Å². The van der Waals surface area contributed by atoms with Crippen LogP contribution in [0, 0.1) is 6.08 Å². The number of halogens is 2. The molecule has 0 fully saturated rings. The molecule has 5 heteroatoms. The summed E-state index contributed by atoms with van der Waals surface area (Å²) in [6, 6.07) is 2.34. The number of unbranched alkanes of at least 4 members (excludes halogenated alkanes) is 1. The predicted octanol–water partition coefficient (Wildman–Crippen LogP) is -1.76. The van der Waals surface area contributed by atoms with Crippen molar-refractivity contribution in [3.63, 3.8) is 0 Å². The standard InChI is InChI=1S/C15H21SSi.2ClH.Ti/c1-4-5-8-13-11-12-16-15(13)17(2,3)14-9-6-7-10-14;;;/h6,9,11-12H,4-5,7-8H2,1-3H3;2*1H;/q-1;;;+3/p-2. The summed E-state index contributed by atoms with van der Waals surface area (Å²) >= 11 is 1.96. The monoisotopic (exact) mass is 379 g/mol. The van der Waals surface area contributed by atoms with Crippen LogP contribution in [0.2, 0.25) is 13.1 Å². The first-order valence-electron chi connectivity index (χ1n) is 6.51. The Morgan fingerprint density at radius 1 is 1.30 bits per heavy atom. The second-order valence-corrected chi connectivity index (χ2v) is 10.8. The summed E-state index contributed by atoms with van der Waals surface area (Å²) in [4.78, 5) is 0. The molecule has 0 aromatic carbocycles. The topological polar surface area (TPSA) is 0 Å². The third kappa shape index (κ3) is 5.15. The summed E-state index contributed by atoms with van der Waals surface area (Å²) in [5.41, 5.74) is 1.60. The molecule has 20 heavy (non-hydrogen) atoms. The van der Waals surface area contributed by atoms with Crippen LogP contribution >= 0.6 is 11.3 Å². The van der Waals surface area contributed by atoms with Gasteiger partial charge in [-0.1, -0.05) is 26.4 Å². The van der Waals surface area contributed by atoms with E-state index in [1.807, 2.05) is 11.3 Å². The van der Waals surface area contributed by atoms with E-state index in [4.69, 9.17) is 0 Å². The molecule has 2 rings (SSSR count). The minimum Gasteiger partial charge on any atom is -1.00 e. The molecule has 0 atom stereocenters. The maximum Gasteiger partial charge on any atom is 3.00 e. The largest absolute Gasteiger partial charge is 3.00 e. The van der Waals surface area contributed by atoms with E-state index in [-0.39, 0.29) is 46.5 Å². The second-order valence-electron chi connectivity index (χ2n) is 5.20. The third-order valence-corrected chi connectivity index (χ3v) is 9.28. The smallest absolute Gasteiger partial charge is 1.00 e. The van der Waals surface area contributed by atoms with Crippen LogP contribution in [-0.2, 0) is 28.1 Å². The van der Waals surface area contributed by atoms with Crippen LogP contribution in [0.25, 0.3) is 0 Å². The Labute approximate surface area is 155 Å². The maximum atomic E-state index is 3.54. The molecule has 0 saturated carbocycles. The van der Waals surface area contributed by atoms with Crippen LogP contribution in [0.3, 0.4) is 0 Å². The van der Waals surface area contributed by atoms with Crippen molar-refractivity contribution in [3.05, 3.63) is 40.4 Å². The first-order chi connectivity index (χ1) is 8.16. The van der Waals surface area contributed by atoms with Gasteiger partial charge in [-0.15, -0.1) is 6.42 Å². The Morgan fingerprint density at radius 3 is 2.55 bits per heavy atom. The van der Waals surface area contributed by atoms with E-state index in [0.717, 1.165) is 6.42 Å². The molecule has 1 aliphatic carbocycles. The average molecular weight is 380 g/mol. The molecule has 0 bridgehead atoms. The zero-order valence-electron chi connectivity index (χ0n) is 12.3. The Bertz CT molecular complexity index is 452. The summed E-state index contributed by atoms with van der Waals surface area (Å²) in [7, 11) is -1.45. The van der Waals surface area contributed by atoms with E-state index in [2.05, 4.69) is 49.7 Å². The normalized spacial score (nSPS) is 13.1. The Kier molecular flexibility index (Phi) is 12.0. The van der Waals surface area contributed by atoms with Gasteiger partial charge in [0.1, 0.15) is 0 Å². The van der Waals surface area contributed by atoms with E-state index in [1.54, 1.807) is 10.1 Å². The predicted molar refractivity (Wildman–Crippen MR) is 80.6 cm³/mol. The third-order valence-electron chi connectivity index (χ3n) is 3.48. The van der Waals surface area contributed by atoms with Gasteiger partial charge in [0.2, 0.25) is 0 Å². The molecule has 0 spiro atoms. The van der Waals surface area contributed by atoms with Gasteiger partial charge in [0.15, 0.2) is 0 Å². The number of rotatable bonds is 5. The van der Waals surface area contributed by atoms with E-state index in [1.165, 1.54) is 24.5 Å². The molecule has 1 radical (unpaired) electrons. The van der Waals surface area contributed by atoms with Crippen molar-refractivity contribution in [1.29, 1.82) is 0 Å². The van der Waals surface area contributed by atoms with Gasteiger partial charge in [-0.2, -0.15) is 17.4 Å². The number of hydrogen-bond donors (Lipinski definition) is 0. The fraction of sp³-hybridized carbons (Fsp3) is 0.467. The van der Waals surface area contributed by atoms with Gasteiger partial charge in [-0.3, -0.25) is 6.08 Å². The van der Waals surface area contributed by atoms with Gasteiger partial charge in [-0.25, -0.2) is 11.3 Å². The van der Waals surface area contributed by atoms with Gasteiger partial charge in [-0.05, 0) is 34.4 Å². The molecule has 0 saturated heterocycles. The van der Waals surface area contributed by atoms with Crippen molar-refractivity contribution >= 4 is 23.9 Å². The summed E-state index contributed by atoms with van der Waals surface area (Å²) < 4.78 is 1.67. The molecule has 0 nitrogen and oxygen atoms in total. The zero-order valence-corrected chi connectivity index (χ0v) is 17.2. The summed E-state index contributed by atoms with van der Waals surface area (Å²) in [6.07, 6.45) is 12.9. The van der Waals surface area contributed by atoms with Gasteiger partial charge in [0.05, 0.1) is 8.07 Å². The minimum atomic E-state index is -1.45. The summed E-state index contributed by atoms with van der Waals surface area (Å²) in [6.45, 7) is 7.20. The second kappa shape index (κ2) is 10.4. The molecule has 0 amide bonds. The minimum absolute atomic E-state index is 0. The fourth-order valence-corrected chi connectivity index (χ4v) is 7.14. The van der Waals surface area contributed by atoms with Crippen molar-refractivity contribution in [3.8, 4) is 0 Å². The molecule has 1 aromatic heterocycles. The fourth-order valence-electron chi connectivity index (χ4n) is 2.40. The molecule has 1 aliphatic rings. The summed E-state index contributed by atoms with van der Waals surface area (Å²) in [5, 5.41) is 3.77. The van der Waals surface area contributed by atoms with Crippen molar-refractivity contribution in [2.75, 3.05) is 0 Å². The number of aryl methyl sites for hydroxylation is 1. The molecule has 0 unspecified atom stereocenters. The van der Waals surface area contributed by atoms with Crippen molar-refractivity contribution in [2.45, 2.75) is 45.7 Å². The molecular weight excluding hydrogens is 359 g/mol. The van der Waals surface area contributed by atoms with E-state index >= 15 is 0 Å². The molecule has 109 valence electrons. The molecule has 0 aliphatic heterocycles. The molecule has 1 aromatic rings. The van der Waals surface area contributed by atoms with Crippen LogP contribution in [0.15, 0.2) is 28.8 Å². The molecule has 0 N–H and O–H groups in total. The van der Waals surface area contributed by atoms with Crippen LogP contribution < -0.4 is 29.3 Å². The number of hydrogen-bond acceptors (Lipinski definition) is 1. The first kappa shape index (κ1) is 23.0. The molecule has 1 heterocycles. The molecular formula is C15H21Cl2SSiTi. The Morgan fingerprint density at radius 2 is 2.00 bits per heavy atom. The Hall–Kier alpha value is 0.691. The van der Waals surface area contributed by atoms with Gasteiger partial charge in [0.25, 0.3) is 0 Å². The SMILES string of the molecule is CCCCc1ccsc1[Si](C)(C)C1=[C-]CC=C1.[Cl-].[Cl-].[Ti+3]. The van der Waals surface area contributed by atoms with Gasteiger partial charge >= 0.3 is 21.7 Å². The van der Waals surface area contributed by atoms with Crippen LogP contribution in [0.4, 0.5) is 0 Å². The first-order valence-corrected chi connectivity index (χ1v) is 10.4.